The third-order valence-electron chi connectivity index (χ3n) is 4.48. The van der Waals surface area contributed by atoms with E-state index in [0.29, 0.717) is 18.9 Å². The number of nitrogens with zero attached hydrogens (tertiary/aromatic N) is 5. The molecule has 0 N–H and O–H groups in total. The van der Waals surface area contributed by atoms with Gasteiger partial charge >= 0.3 is 0 Å². The summed E-state index contributed by atoms with van der Waals surface area (Å²) >= 11 is 1.60. The molecular formula is C15H16FN5OS. The summed E-state index contributed by atoms with van der Waals surface area (Å²) in [5.74, 6) is 0.183. The van der Waals surface area contributed by atoms with E-state index >= 15 is 0 Å². The van der Waals surface area contributed by atoms with Crippen LogP contribution in [-0.4, -0.2) is 44.4 Å². The molecule has 0 unspecified atom stereocenters. The average Bonchev–Trinajstić information content (AvgIpc) is 3.19. The van der Waals surface area contributed by atoms with Gasteiger partial charge in [0.15, 0.2) is 5.82 Å². The maximum Gasteiger partial charge on any atom is 0.225 e. The summed E-state index contributed by atoms with van der Waals surface area (Å²) in [5.41, 5.74) is 0.943. The van der Waals surface area contributed by atoms with Crippen molar-refractivity contribution in [2.24, 2.45) is 0 Å². The number of halogens is 1. The zero-order valence-electron chi connectivity index (χ0n) is 12.6. The smallest absolute Gasteiger partial charge is 0.225 e. The van der Waals surface area contributed by atoms with Gasteiger partial charge in [-0.3, -0.25) is 4.79 Å². The lowest BCUT2D eigenvalue weighted by molar-refractivity contribution is -0.129. The fraction of sp³-hybridized carbons (Fsp3) is 0.467. The first kappa shape index (κ1) is 14.5. The second kappa shape index (κ2) is 5.52. The number of rotatable bonds is 3. The van der Waals surface area contributed by atoms with E-state index in [9.17, 15) is 9.18 Å². The minimum Gasteiger partial charge on any atom is -0.335 e. The summed E-state index contributed by atoms with van der Waals surface area (Å²) in [6, 6.07) is 0.214. The third-order valence-corrected chi connectivity index (χ3v) is 5.30. The summed E-state index contributed by atoms with van der Waals surface area (Å²) in [6.45, 7) is 3.30. The molecule has 2 aromatic heterocycles. The molecule has 0 aliphatic carbocycles. The summed E-state index contributed by atoms with van der Waals surface area (Å²) in [6.07, 6.45) is 3.67. The van der Waals surface area contributed by atoms with Gasteiger partial charge in [-0.25, -0.2) is 19.3 Å². The molecule has 0 bridgehead atoms. The van der Waals surface area contributed by atoms with E-state index in [2.05, 4.69) is 15.0 Å². The van der Waals surface area contributed by atoms with Crippen molar-refractivity contribution in [2.75, 3.05) is 11.4 Å². The highest BCUT2D eigenvalue weighted by atomic mass is 32.1. The highest BCUT2D eigenvalue weighted by molar-refractivity contribution is 7.09. The molecule has 8 heteroatoms. The quantitative estimate of drug-likeness (QED) is 0.856. The van der Waals surface area contributed by atoms with E-state index in [4.69, 9.17) is 0 Å². The van der Waals surface area contributed by atoms with Gasteiger partial charge in [0.2, 0.25) is 11.9 Å². The minimum absolute atomic E-state index is 0.0627. The standard InChI is InChI=1S/C15H16FN5OS/c1-9-19-11(8-23-9)7-21-12-2-3-20(13(12)4-14(21)22)15-17-5-10(16)6-18-15/h5-6,8,12-13H,2-4,7H2,1H3/t12-,13-/m1/s1. The van der Waals surface area contributed by atoms with Crippen molar-refractivity contribution in [3.8, 4) is 0 Å². The number of hydrogen-bond donors (Lipinski definition) is 0. The predicted molar refractivity (Wildman–Crippen MR) is 83.5 cm³/mol. The first-order valence-corrected chi connectivity index (χ1v) is 8.44. The van der Waals surface area contributed by atoms with E-state index in [0.717, 1.165) is 23.7 Å². The van der Waals surface area contributed by atoms with Gasteiger partial charge in [0.05, 0.1) is 41.7 Å². The average molecular weight is 333 g/mol. The van der Waals surface area contributed by atoms with E-state index in [-0.39, 0.29) is 18.0 Å². The van der Waals surface area contributed by atoms with Crippen molar-refractivity contribution >= 4 is 23.2 Å². The molecule has 6 nitrogen and oxygen atoms in total. The Bertz CT molecular complexity index is 734. The van der Waals surface area contributed by atoms with Crippen LogP contribution in [0, 0.1) is 12.7 Å². The molecule has 1 amide bonds. The van der Waals surface area contributed by atoms with Crippen molar-refractivity contribution < 1.29 is 9.18 Å². The lowest BCUT2D eigenvalue weighted by Crippen LogP contribution is -2.37. The Labute approximate surface area is 137 Å². The van der Waals surface area contributed by atoms with E-state index < -0.39 is 5.82 Å². The molecule has 4 heterocycles. The second-order valence-electron chi connectivity index (χ2n) is 5.90. The van der Waals surface area contributed by atoms with Gasteiger partial charge < -0.3 is 9.80 Å². The van der Waals surface area contributed by atoms with Gasteiger partial charge in [-0.1, -0.05) is 0 Å². The molecule has 2 saturated heterocycles. The molecule has 4 rings (SSSR count). The number of amides is 1. The van der Waals surface area contributed by atoms with Crippen LogP contribution >= 0.6 is 11.3 Å². The van der Waals surface area contributed by atoms with Gasteiger partial charge in [0, 0.05) is 18.3 Å². The van der Waals surface area contributed by atoms with Gasteiger partial charge in [-0.15, -0.1) is 11.3 Å². The van der Waals surface area contributed by atoms with Crippen molar-refractivity contribution in [3.63, 3.8) is 0 Å². The number of aromatic nitrogens is 3. The van der Waals surface area contributed by atoms with Crippen molar-refractivity contribution in [1.82, 2.24) is 19.9 Å². The molecular weight excluding hydrogens is 317 g/mol. The highest BCUT2D eigenvalue weighted by Gasteiger charge is 2.47. The van der Waals surface area contributed by atoms with Crippen LogP contribution in [-0.2, 0) is 11.3 Å². The van der Waals surface area contributed by atoms with Crippen LogP contribution < -0.4 is 4.90 Å². The lowest BCUT2D eigenvalue weighted by atomic mass is 10.1. The number of aryl methyl sites for hydroxylation is 1. The Morgan fingerprint density at radius 1 is 1.35 bits per heavy atom. The predicted octanol–water partition coefficient (Wildman–Crippen LogP) is 1.76. The van der Waals surface area contributed by atoms with Gasteiger partial charge in [-0.05, 0) is 13.3 Å². The van der Waals surface area contributed by atoms with E-state index in [1.807, 2.05) is 22.1 Å². The lowest BCUT2D eigenvalue weighted by Gasteiger charge is -2.24. The Balaban J connectivity index is 1.53. The van der Waals surface area contributed by atoms with Gasteiger partial charge in [0.1, 0.15) is 0 Å². The number of carbonyl (C=O) groups is 1. The number of carbonyl (C=O) groups excluding carboxylic acids is 1. The van der Waals surface area contributed by atoms with Crippen LogP contribution in [0.5, 0.6) is 0 Å². The molecule has 2 atom stereocenters. The molecule has 2 aliphatic rings. The Kier molecular flexibility index (Phi) is 3.48. The molecule has 0 aromatic carbocycles. The molecule has 0 spiro atoms. The fourth-order valence-electron chi connectivity index (χ4n) is 3.49. The number of anilines is 1. The van der Waals surface area contributed by atoms with Crippen LogP contribution in [0.2, 0.25) is 0 Å². The van der Waals surface area contributed by atoms with Crippen molar-refractivity contribution in [1.29, 1.82) is 0 Å². The van der Waals surface area contributed by atoms with Crippen LogP contribution in [0.25, 0.3) is 0 Å². The van der Waals surface area contributed by atoms with Crippen molar-refractivity contribution in [2.45, 2.75) is 38.4 Å². The maximum atomic E-state index is 13.0. The van der Waals surface area contributed by atoms with Crippen LogP contribution in [0.1, 0.15) is 23.5 Å². The summed E-state index contributed by atoms with van der Waals surface area (Å²) in [4.78, 5) is 28.9. The maximum absolute atomic E-state index is 13.0. The summed E-state index contributed by atoms with van der Waals surface area (Å²) < 4.78 is 13.0. The molecule has 2 aromatic rings. The van der Waals surface area contributed by atoms with Crippen LogP contribution in [0.15, 0.2) is 17.8 Å². The highest BCUT2D eigenvalue weighted by Crippen LogP contribution is 2.35. The van der Waals surface area contributed by atoms with Gasteiger partial charge in [-0.2, -0.15) is 0 Å². The molecule has 2 fully saturated rings. The zero-order chi connectivity index (χ0) is 16.0. The zero-order valence-corrected chi connectivity index (χ0v) is 13.5. The van der Waals surface area contributed by atoms with Crippen molar-refractivity contribution in [3.05, 3.63) is 34.3 Å². The van der Waals surface area contributed by atoms with E-state index in [1.54, 1.807) is 11.3 Å². The SMILES string of the molecule is Cc1nc(CN2C(=O)C[C@@H]3[C@H]2CCN3c2ncc(F)cn2)cs1. The minimum atomic E-state index is -0.451. The Morgan fingerprint density at radius 3 is 2.83 bits per heavy atom. The van der Waals surface area contributed by atoms with Crippen LogP contribution in [0.4, 0.5) is 10.3 Å². The Morgan fingerprint density at radius 2 is 2.13 bits per heavy atom. The summed E-state index contributed by atoms with van der Waals surface area (Å²) in [7, 11) is 0. The first-order valence-electron chi connectivity index (χ1n) is 7.56. The molecule has 0 radical (unpaired) electrons. The fourth-order valence-corrected chi connectivity index (χ4v) is 4.09. The number of hydrogen-bond acceptors (Lipinski definition) is 6. The Hall–Kier alpha value is -2.09. The summed E-state index contributed by atoms with van der Waals surface area (Å²) in [5, 5.41) is 3.02. The third kappa shape index (κ3) is 2.56. The normalized spacial score (nSPS) is 23.7. The second-order valence-corrected chi connectivity index (χ2v) is 6.96. The molecule has 0 saturated carbocycles. The number of fused-ring (bicyclic) bond motifs is 1. The van der Waals surface area contributed by atoms with Crippen LogP contribution in [0.3, 0.4) is 0 Å². The first-order chi connectivity index (χ1) is 11.1. The number of likely N-dealkylation sites (tertiary alicyclic amines) is 1. The molecule has 23 heavy (non-hydrogen) atoms. The molecule has 2 aliphatic heterocycles. The topological polar surface area (TPSA) is 62.2 Å². The van der Waals surface area contributed by atoms with Gasteiger partial charge in [0.25, 0.3) is 0 Å². The largest absolute Gasteiger partial charge is 0.335 e. The monoisotopic (exact) mass is 333 g/mol. The molecule has 120 valence electrons. The van der Waals surface area contributed by atoms with E-state index in [1.165, 1.54) is 12.4 Å². The number of thiazole rings is 1.